The molecule has 0 unspecified atom stereocenters. The van der Waals surface area contributed by atoms with Crippen LogP contribution < -0.4 is 0 Å². The van der Waals surface area contributed by atoms with E-state index in [1.165, 1.54) is 68.9 Å². The van der Waals surface area contributed by atoms with Crippen molar-refractivity contribution in [2.45, 2.75) is 111 Å². The molecule has 0 saturated heterocycles. The number of rotatable bonds is 5. The number of fused-ring (bicyclic) bond motifs is 5. The predicted octanol–water partition coefficient (Wildman–Crippen LogP) is 7.94. The van der Waals surface area contributed by atoms with E-state index in [1.54, 1.807) is 0 Å². The van der Waals surface area contributed by atoms with Gasteiger partial charge in [0.25, 0.3) is 0 Å². The van der Waals surface area contributed by atoms with Crippen molar-refractivity contribution < 1.29 is 5.11 Å². The standard InChI is InChI=1S/C29H48O/c1-7-21(19(2)3)9-8-20(4)25-12-13-26-24-11-10-22-18-23(30)14-16-28(22,5)27(24)15-17-29(25,26)6/h7,20,22-27,30H,1,8-18H2,2-6H3/t20-,22+,23+,24+,25-,26+,27+,28+,29-/m1/s1. The molecule has 30 heavy (non-hydrogen) atoms. The summed E-state index contributed by atoms with van der Waals surface area (Å²) in [5.74, 6) is 5.35. The van der Waals surface area contributed by atoms with Crippen molar-refractivity contribution >= 4 is 0 Å². The molecule has 4 aliphatic rings. The second-order valence-corrected chi connectivity index (χ2v) is 12.6. The summed E-state index contributed by atoms with van der Waals surface area (Å²) < 4.78 is 0. The Morgan fingerprint density at radius 2 is 1.70 bits per heavy atom. The first-order valence-electron chi connectivity index (χ1n) is 13.2. The molecule has 0 aromatic rings. The van der Waals surface area contributed by atoms with Gasteiger partial charge in [-0.05, 0) is 136 Å². The summed E-state index contributed by atoms with van der Waals surface area (Å²) >= 11 is 0. The largest absolute Gasteiger partial charge is 0.393 e. The molecule has 4 aliphatic carbocycles. The van der Waals surface area contributed by atoms with Crippen LogP contribution >= 0.6 is 0 Å². The Morgan fingerprint density at radius 3 is 2.40 bits per heavy atom. The molecule has 0 spiro atoms. The third-order valence-corrected chi connectivity index (χ3v) is 11.2. The lowest BCUT2D eigenvalue weighted by Crippen LogP contribution is -2.54. The van der Waals surface area contributed by atoms with Crippen LogP contribution in [0.3, 0.4) is 0 Å². The lowest BCUT2D eigenvalue weighted by atomic mass is 9.44. The van der Waals surface area contributed by atoms with Crippen molar-refractivity contribution in [1.29, 1.82) is 0 Å². The van der Waals surface area contributed by atoms with Gasteiger partial charge in [-0.25, -0.2) is 0 Å². The molecule has 0 aromatic carbocycles. The van der Waals surface area contributed by atoms with E-state index < -0.39 is 0 Å². The number of allylic oxidation sites excluding steroid dienone is 3. The SMILES string of the molecule is C=CC(CC[C@@H](C)[C@H]1CC[C@H]2[C@@H]3CC[C@H]4C[C@@H](O)CC[C@]4(C)[C@H]3CC[C@]12C)=C(C)C. The fraction of sp³-hybridized carbons (Fsp3) is 0.862. The summed E-state index contributed by atoms with van der Waals surface area (Å²) in [5, 5.41) is 10.3. The first-order valence-corrected chi connectivity index (χ1v) is 13.2. The van der Waals surface area contributed by atoms with Crippen molar-refractivity contribution in [3.63, 3.8) is 0 Å². The van der Waals surface area contributed by atoms with Crippen LogP contribution in [-0.4, -0.2) is 11.2 Å². The molecule has 170 valence electrons. The van der Waals surface area contributed by atoms with Gasteiger partial charge in [-0.3, -0.25) is 0 Å². The van der Waals surface area contributed by atoms with Gasteiger partial charge >= 0.3 is 0 Å². The zero-order chi connectivity index (χ0) is 21.7. The van der Waals surface area contributed by atoms with Gasteiger partial charge in [0.2, 0.25) is 0 Å². The minimum atomic E-state index is -0.0218. The van der Waals surface area contributed by atoms with Gasteiger partial charge < -0.3 is 5.11 Å². The van der Waals surface area contributed by atoms with Crippen molar-refractivity contribution in [2.24, 2.45) is 46.3 Å². The average molecular weight is 413 g/mol. The van der Waals surface area contributed by atoms with Crippen molar-refractivity contribution in [2.75, 3.05) is 0 Å². The third-order valence-electron chi connectivity index (χ3n) is 11.2. The Balaban J connectivity index is 1.47. The highest BCUT2D eigenvalue weighted by atomic mass is 16.3. The van der Waals surface area contributed by atoms with Crippen molar-refractivity contribution in [3.8, 4) is 0 Å². The normalized spacial score (nSPS) is 46.3. The highest BCUT2D eigenvalue weighted by Crippen LogP contribution is 2.68. The highest BCUT2D eigenvalue weighted by Gasteiger charge is 2.60. The van der Waals surface area contributed by atoms with Gasteiger partial charge in [0.1, 0.15) is 0 Å². The van der Waals surface area contributed by atoms with Crippen molar-refractivity contribution in [3.05, 3.63) is 23.8 Å². The van der Waals surface area contributed by atoms with Gasteiger partial charge in [-0.2, -0.15) is 0 Å². The Bertz CT molecular complexity index is 672. The Morgan fingerprint density at radius 1 is 1.00 bits per heavy atom. The van der Waals surface area contributed by atoms with Gasteiger partial charge in [0, 0.05) is 0 Å². The second-order valence-electron chi connectivity index (χ2n) is 12.6. The molecule has 0 heterocycles. The lowest BCUT2D eigenvalue weighted by Gasteiger charge is -2.61. The number of aliphatic hydroxyl groups is 1. The van der Waals surface area contributed by atoms with Crippen LogP contribution in [-0.2, 0) is 0 Å². The van der Waals surface area contributed by atoms with E-state index >= 15 is 0 Å². The van der Waals surface area contributed by atoms with Gasteiger partial charge in [0.05, 0.1) is 6.10 Å². The maximum absolute atomic E-state index is 10.3. The zero-order valence-electron chi connectivity index (χ0n) is 20.6. The van der Waals surface area contributed by atoms with Crippen LogP contribution in [0.25, 0.3) is 0 Å². The first kappa shape index (κ1) is 22.6. The van der Waals surface area contributed by atoms with Crippen LogP contribution in [0.5, 0.6) is 0 Å². The predicted molar refractivity (Wildman–Crippen MR) is 128 cm³/mol. The van der Waals surface area contributed by atoms with E-state index in [2.05, 4.69) is 47.3 Å². The van der Waals surface area contributed by atoms with Crippen LogP contribution in [0.4, 0.5) is 0 Å². The smallest absolute Gasteiger partial charge is 0.0543 e. The highest BCUT2D eigenvalue weighted by molar-refractivity contribution is 5.21. The molecule has 1 N–H and O–H groups in total. The number of aliphatic hydroxyl groups excluding tert-OH is 1. The fourth-order valence-electron chi connectivity index (χ4n) is 9.35. The molecule has 0 radical (unpaired) electrons. The van der Waals surface area contributed by atoms with Gasteiger partial charge in [0.15, 0.2) is 0 Å². The zero-order valence-corrected chi connectivity index (χ0v) is 20.6. The van der Waals surface area contributed by atoms with E-state index in [0.717, 1.165) is 48.3 Å². The molecule has 9 atom stereocenters. The summed E-state index contributed by atoms with van der Waals surface area (Å²) in [6.07, 6.45) is 16.7. The molecule has 1 heteroatoms. The van der Waals surface area contributed by atoms with E-state index in [-0.39, 0.29) is 6.10 Å². The molecule has 0 aliphatic heterocycles. The maximum Gasteiger partial charge on any atom is 0.0543 e. The van der Waals surface area contributed by atoms with Gasteiger partial charge in [-0.15, -0.1) is 0 Å². The average Bonchev–Trinajstić information content (AvgIpc) is 3.06. The molecule has 4 fully saturated rings. The maximum atomic E-state index is 10.3. The third kappa shape index (κ3) is 3.66. The molecular formula is C29H48O. The van der Waals surface area contributed by atoms with Crippen LogP contribution in [0.15, 0.2) is 23.8 Å². The van der Waals surface area contributed by atoms with Gasteiger partial charge in [-0.1, -0.05) is 39.0 Å². The van der Waals surface area contributed by atoms with Crippen LogP contribution in [0.1, 0.15) is 105 Å². The number of hydrogen-bond acceptors (Lipinski definition) is 1. The molecular weight excluding hydrogens is 364 g/mol. The Hall–Kier alpha value is -0.560. The molecule has 0 amide bonds. The molecule has 4 rings (SSSR count). The van der Waals surface area contributed by atoms with Crippen molar-refractivity contribution in [1.82, 2.24) is 0 Å². The minimum absolute atomic E-state index is 0.0218. The number of hydrogen-bond donors (Lipinski definition) is 1. The monoisotopic (exact) mass is 412 g/mol. The van der Waals surface area contributed by atoms with E-state index in [4.69, 9.17) is 0 Å². The van der Waals surface area contributed by atoms with E-state index in [0.29, 0.717) is 10.8 Å². The van der Waals surface area contributed by atoms with Crippen LogP contribution in [0.2, 0.25) is 0 Å². The Labute approximate surface area is 186 Å². The summed E-state index contributed by atoms with van der Waals surface area (Å²) in [6, 6.07) is 0. The Kier molecular flexibility index (Phi) is 6.35. The van der Waals surface area contributed by atoms with E-state index in [1.807, 2.05) is 0 Å². The first-order chi connectivity index (χ1) is 14.2. The molecule has 1 nitrogen and oxygen atoms in total. The summed E-state index contributed by atoms with van der Waals surface area (Å²) in [4.78, 5) is 0. The summed E-state index contributed by atoms with van der Waals surface area (Å²) in [5.41, 5.74) is 3.99. The molecule has 4 saturated carbocycles. The molecule has 0 aromatic heterocycles. The molecule has 0 bridgehead atoms. The quantitative estimate of drug-likeness (QED) is 0.454. The fourth-order valence-corrected chi connectivity index (χ4v) is 9.35. The second kappa shape index (κ2) is 8.42. The summed E-state index contributed by atoms with van der Waals surface area (Å²) in [7, 11) is 0. The topological polar surface area (TPSA) is 20.2 Å². The van der Waals surface area contributed by atoms with E-state index in [9.17, 15) is 5.11 Å². The van der Waals surface area contributed by atoms with Crippen LogP contribution in [0, 0.1) is 46.3 Å². The minimum Gasteiger partial charge on any atom is -0.393 e. The lowest BCUT2D eigenvalue weighted by molar-refractivity contribution is -0.129. The summed E-state index contributed by atoms with van der Waals surface area (Å²) in [6.45, 7) is 16.4.